The summed E-state index contributed by atoms with van der Waals surface area (Å²) in [5, 5.41) is 17.9. The number of para-hydroxylation sites is 1. The van der Waals surface area contributed by atoms with Crippen molar-refractivity contribution in [2.24, 2.45) is 17.8 Å². The Morgan fingerprint density at radius 2 is 1.82 bits per heavy atom. The zero-order chi connectivity index (χ0) is 18.6. The first-order valence-corrected chi connectivity index (χ1v) is 10.8. The van der Waals surface area contributed by atoms with Gasteiger partial charge in [-0.05, 0) is 91.3 Å². The zero-order valence-corrected chi connectivity index (χ0v) is 16.3. The van der Waals surface area contributed by atoms with Crippen molar-refractivity contribution in [2.45, 2.75) is 57.0 Å². The predicted molar refractivity (Wildman–Crippen MR) is 108 cm³/mol. The molecule has 0 saturated heterocycles. The van der Waals surface area contributed by atoms with E-state index in [1.165, 1.54) is 55.0 Å². The summed E-state index contributed by atoms with van der Waals surface area (Å²) in [5.74, 6) is 3.72. The van der Waals surface area contributed by atoms with Crippen LogP contribution in [-0.2, 0) is 18.5 Å². The van der Waals surface area contributed by atoms with E-state index in [4.69, 9.17) is 0 Å². The molecule has 0 spiro atoms. The number of aromatic nitrogens is 5. The Bertz CT molecular complexity index is 950. The fraction of sp³-hybridized carbons (Fsp3) is 0.591. The number of benzene rings is 1. The fourth-order valence-electron chi connectivity index (χ4n) is 6.77. The molecule has 28 heavy (non-hydrogen) atoms. The maximum absolute atomic E-state index is 4.49. The summed E-state index contributed by atoms with van der Waals surface area (Å²) >= 11 is 0. The molecule has 0 aliphatic heterocycles. The monoisotopic (exact) mass is 376 g/mol. The van der Waals surface area contributed by atoms with Gasteiger partial charge in [0.1, 0.15) is 0 Å². The summed E-state index contributed by atoms with van der Waals surface area (Å²) in [7, 11) is 0. The minimum Gasteiger partial charge on any atom is -0.361 e. The summed E-state index contributed by atoms with van der Waals surface area (Å²) in [5.41, 5.74) is 2.78. The van der Waals surface area contributed by atoms with Crippen molar-refractivity contribution >= 4 is 10.9 Å². The number of aromatic amines is 1. The number of H-pyrrole nitrogens is 1. The number of nitrogens with one attached hydrogen (secondary N) is 2. The first kappa shape index (κ1) is 16.7. The molecule has 4 aliphatic carbocycles. The third-order valence-corrected chi connectivity index (χ3v) is 7.52. The Balaban J connectivity index is 1.13. The molecule has 3 aromatic rings. The van der Waals surface area contributed by atoms with E-state index in [-0.39, 0.29) is 5.54 Å². The van der Waals surface area contributed by atoms with E-state index in [2.05, 4.69) is 61.0 Å². The average Bonchev–Trinajstić information content (AvgIpc) is 3.32. The SMILES string of the molecule is c1ccc2c(CCNCc3nnnn3C34CC5CC(CC(C5)C3)C4)c[nH]c2c1. The molecule has 0 atom stereocenters. The smallest absolute Gasteiger partial charge is 0.165 e. The highest BCUT2D eigenvalue weighted by Gasteiger charge is 2.53. The second-order valence-electron chi connectivity index (χ2n) is 9.44. The van der Waals surface area contributed by atoms with E-state index in [1.807, 2.05) is 0 Å². The van der Waals surface area contributed by atoms with E-state index in [1.54, 1.807) is 0 Å². The third-order valence-electron chi connectivity index (χ3n) is 7.52. The lowest BCUT2D eigenvalue weighted by Crippen LogP contribution is -2.53. The summed E-state index contributed by atoms with van der Waals surface area (Å²) in [4.78, 5) is 3.36. The molecule has 4 aliphatic rings. The van der Waals surface area contributed by atoms with E-state index >= 15 is 0 Å². The molecule has 146 valence electrons. The van der Waals surface area contributed by atoms with Gasteiger partial charge in [-0.2, -0.15) is 0 Å². The molecule has 0 radical (unpaired) electrons. The molecule has 7 rings (SSSR count). The van der Waals surface area contributed by atoms with Gasteiger partial charge in [0.15, 0.2) is 5.82 Å². The molecule has 0 unspecified atom stereocenters. The first-order valence-electron chi connectivity index (χ1n) is 10.8. The second-order valence-corrected chi connectivity index (χ2v) is 9.44. The maximum Gasteiger partial charge on any atom is 0.165 e. The number of tetrazole rings is 1. The number of hydrogen-bond donors (Lipinski definition) is 2. The summed E-state index contributed by atoms with van der Waals surface area (Å²) in [6.07, 6.45) is 11.3. The number of rotatable bonds is 6. The van der Waals surface area contributed by atoms with Crippen LogP contribution >= 0.6 is 0 Å². The van der Waals surface area contributed by atoms with Crippen molar-refractivity contribution in [1.82, 2.24) is 30.5 Å². The topological polar surface area (TPSA) is 71.4 Å². The van der Waals surface area contributed by atoms with E-state index < -0.39 is 0 Å². The van der Waals surface area contributed by atoms with Crippen LogP contribution in [0.1, 0.15) is 49.9 Å². The van der Waals surface area contributed by atoms with Crippen molar-refractivity contribution in [3.05, 3.63) is 41.9 Å². The lowest BCUT2D eigenvalue weighted by molar-refractivity contribution is -0.0518. The average molecular weight is 377 g/mol. The van der Waals surface area contributed by atoms with Gasteiger partial charge in [-0.1, -0.05) is 18.2 Å². The largest absolute Gasteiger partial charge is 0.361 e. The normalized spacial score (nSPS) is 31.1. The molecule has 2 N–H and O–H groups in total. The van der Waals surface area contributed by atoms with Crippen molar-refractivity contribution in [1.29, 1.82) is 0 Å². The van der Waals surface area contributed by atoms with Crippen LogP contribution in [0.25, 0.3) is 10.9 Å². The van der Waals surface area contributed by atoms with Crippen LogP contribution < -0.4 is 5.32 Å². The van der Waals surface area contributed by atoms with Crippen LogP contribution in [0.3, 0.4) is 0 Å². The molecule has 6 nitrogen and oxygen atoms in total. The van der Waals surface area contributed by atoms with Crippen molar-refractivity contribution in [3.63, 3.8) is 0 Å². The molecule has 1 aromatic carbocycles. The van der Waals surface area contributed by atoms with Crippen LogP contribution in [0.15, 0.2) is 30.5 Å². The third kappa shape index (κ3) is 2.69. The van der Waals surface area contributed by atoms with Crippen LogP contribution in [0, 0.1) is 17.8 Å². The van der Waals surface area contributed by atoms with Gasteiger partial charge >= 0.3 is 0 Å². The van der Waals surface area contributed by atoms with Gasteiger partial charge in [-0.3, -0.25) is 0 Å². The molecular weight excluding hydrogens is 348 g/mol. The Kier molecular flexibility index (Phi) is 3.83. The number of nitrogens with zero attached hydrogens (tertiary/aromatic N) is 4. The minimum absolute atomic E-state index is 0.200. The van der Waals surface area contributed by atoms with Gasteiger partial charge in [0.05, 0.1) is 12.1 Å². The molecule has 6 heteroatoms. The highest BCUT2D eigenvalue weighted by Crippen LogP contribution is 2.58. The van der Waals surface area contributed by atoms with Gasteiger partial charge in [0, 0.05) is 17.1 Å². The van der Waals surface area contributed by atoms with Gasteiger partial charge in [0.25, 0.3) is 0 Å². The molecule has 2 heterocycles. The quantitative estimate of drug-likeness (QED) is 0.647. The Labute approximate surface area is 165 Å². The summed E-state index contributed by atoms with van der Waals surface area (Å²) in [6.45, 7) is 1.67. The number of fused-ring (bicyclic) bond motifs is 1. The lowest BCUT2D eigenvalue weighted by Gasteiger charge is -2.56. The highest BCUT2D eigenvalue weighted by atomic mass is 15.6. The molecule has 2 aromatic heterocycles. The molecule has 4 fully saturated rings. The minimum atomic E-state index is 0.200. The van der Waals surface area contributed by atoms with Crippen molar-refractivity contribution in [3.8, 4) is 0 Å². The molecular formula is C22H28N6. The van der Waals surface area contributed by atoms with Crippen LogP contribution in [0.5, 0.6) is 0 Å². The maximum atomic E-state index is 4.49. The Morgan fingerprint density at radius 3 is 2.61 bits per heavy atom. The first-order chi connectivity index (χ1) is 13.8. The lowest BCUT2D eigenvalue weighted by atomic mass is 9.53. The molecule has 4 saturated carbocycles. The molecule has 4 bridgehead atoms. The second kappa shape index (κ2) is 6.41. The standard InChI is InChI=1S/C22H28N6/c1-2-4-20-19(3-1)18(13-24-20)5-6-23-14-21-25-26-27-28(21)22-10-15-7-16(11-22)9-17(8-15)12-22/h1-4,13,15-17,23-24H,5-12,14H2. The fourth-order valence-corrected chi connectivity index (χ4v) is 6.77. The van der Waals surface area contributed by atoms with Crippen LogP contribution in [0.2, 0.25) is 0 Å². The van der Waals surface area contributed by atoms with Gasteiger partial charge < -0.3 is 10.3 Å². The highest BCUT2D eigenvalue weighted by molar-refractivity contribution is 5.83. The van der Waals surface area contributed by atoms with Gasteiger partial charge in [0.2, 0.25) is 0 Å². The van der Waals surface area contributed by atoms with Crippen molar-refractivity contribution in [2.75, 3.05) is 6.54 Å². The van der Waals surface area contributed by atoms with E-state index in [0.29, 0.717) is 0 Å². The number of hydrogen-bond acceptors (Lipinski definition) is 4. The van der Waals surface area contributed by atoms with Gasteiger partial charge in [-0.15, -0.1) is 5.10 Å². The summed E-state index contributed by atoms with van der Waals surface area (Å²) < 4.78 is 2.22. The molecule has 0 amide bonds. The van der Waals surface area contributed by atoms with Gasteiger partial charge in [-0.25, -0.2) is 4.68 Å². The Morgan fingerprint density at radius 1 is 1.07 bits per heavy atom. The Hall–Kier alpha value is -2.21. The van der Waals surface area contributed by atoms with Crippen LogP contribution in [-0.4, -0.2) is 31.7 Å². The summed E-state index contributed by atoms with van der Waals surface area (Å²) in [6, 6.07) is 8.50. The predicted octanol–water partition coefficient (Wildman–Crippen LogP) is 3.41. The van der Waals surface area contributed by atoms with Crippen LogP contribution in [0.4, 0.5) is 0 Å². The van der Waals surface area contributed by atoms with E-state index in [9.17, 15) is 0 Å². The zero-order valence-electron chi connectivity index (χ0n) is 16.3. The van der Waals surface area contributed by atoms with E-state index in [0.717, 1.165) is 43.1 Å². The van der Waals surface area contributed by atoms with Crippen molar-refractivity contribution < 1.29 is 0 Å².